The lowest BCUT2D eigenvalue weighted by atomic mass is 9.97. The number of rotatable bonds is 8. The van der Waals surface area contributed by atoms with E-state index in [2.05, 4.69) is 199 Å². The second kappa shape index (κ2) is 14.5. The average Bonchev–Trinajstić information content (AvgIpc) is 3.91. The molecule has 0 aliphatic rings. The molecule has 0 bridgehead atoms. The molecular formula is C55H36N2O2. The molecule has 0 atom stereocenters. The lowest BCUT2D eigenvalue weighted by Gasteiger charge is -2.26. The highest BCUT2D eigenvalue weighted by atomic mass is 16.4. The molecule has 11 rings (SSSR count). The van der Waals surface area contributed by atoms with Crippen molar-refractivity contribution in [2.75, 3.05) is 4.90 Å². The van der Waals surface area contributed by atoms with Gasteiger partial charge in [-0.2, -0.15) is 0 Å². The van der Waals surface area contributed by atoms with E-state index in [-0.39, 0.29) is 0 Å². The van der Waals surface area contributed by atoms with Gasteiger partial charge in [-0.1, -0.05) is 158 Å². The SMILES string of the molecule is c1ccc(-c2ccc(-c3nc4cc5oc6ccccc6c5c(-c5ccc(N(c6ccc(-c7ccccc7)cc6)c6ccc(-c7ccccc7)cc6)cc5)c4o3)cc2)cc1. The Morgan fingerprint density at radius 1 is 0.339 bits per heavy atom. The van der Waals surface area contributed by atoms with Crippen molar-refractivity contribution in [3.63, 3.8) is 0 Å². The van der Waals surface area contributed by atoms with Crippen LogP contribution in [0.1, 0.15) is 0 Å². The Morgan fingerprint density at radius 3 is 1.25 bits per heavy atom. The zero-order valence-corrected chi connectivity index (χ0v) is 32.0. The number of aromatic nitrogens is 1. The Hall–Kier alpha value is -7.95. The van der Waals surface area contributed by atoms with E-state index in [4.69, 9.17) is 13.8 Å². The average molecular weight is 757 g/mol. The molecule has 59 heavy (non-hydrogen) atoms. The first-order valence-electron chi connectivity index (χ1n) is 19.9. The Bertz CT molecular complexity index is 3120. The molecule has 4 heteroatoms. The van der Waals surface area contributed by atoms with Gasteiger partial charge in [-0.05, 0) is 93.5 Å². The first kappa shape index (κ1) is 34.3. The second-order valence-electron chi connectivity index (χ2n) is 14.7. The topological polar surface area (TPSA) is 42.4 Å². The van der Waals surface area contributed by atoms with Gasteiger partial charge in [-0.15, -0.1) is 0 Å². The van der Waals surface area contributed by atoms with Crippen molar-refractivity contribution in [2.45, 2.75) is 0 Å². The molecule has 2 heterocycles. The summed E-state index contributed by atoms with van der Waals surface area (Å²) in [6.45, 7) is 0. The van der Waals surface area contributed by atoms with Crippen LogP contribution in [0.15, 0.2) is 227 Å². The summed E-state index contributed by atoms with van der Waals surface area (Å²) in [5.41, 5.74) is 16.2. The largest absolute Gasteiger partial charge is 0.456 e. The van der Waals surface area contributed by atoms with Crippen molar-refractivity contribution < 1.29 is 8.83 Å². The fourth-order valence-corrected chi connectivity index (χ4v) is 8.20. The van der Waals surface area contributed by atoms with Crippen LogP contribution in [0.5, 0.6) is 0 Å². The van der Waals surface area contributed by atoms with Gasteiger partial charge in [0, 0.05) is 45.0 Å². The van der Waals surface area contributed by atoms with Gasteiger partial charge >= 0.3 is 0 Å². The number of fused-ring (bicyclic) bond motifs is 4. The fraction of sp³-hybridized carbons (Fsp3) is 0. The van der Waals surface area contributed by atoms with Gasteiger partial charge in [0.1, 0.15) is 16.7 Å². The van der Waals surface area contributed by atoms with Gasteiger partial charge in [0.15, 0.2) is 5.58 Å². The summed E-state index contributed by atoms with van der Waals surface area (Å²) in [5, 5.41) is 2.04. The Morgan fingerprint density at radius 2 is 0.746 bits per heavy atom. The third kappa shape index (κ3) is 6.34. The minimum Gasteiger partial charge on any atom is -0.456 e. The number of furan rings is 1. The van der Waals surface area contributed by atoms with Crippen LogP contribution in [0.2, 0.25) is 0 Å². The minimum absolute atomic E-state index is 0.568. The molecule has 0 radical (unpaired) electrons. The summed E-state index contributed by atoms with van der Waals surface area (Å²) in [7, 11) is 0. The molecule has 0 unspecified atom stereocenters. The van der Waals surface area contributed by atoms with Gasteiger partial charge in [-0.3, -0.25) is 0 Å². The summed E-state index contributed by atoms with van der Waals surface area (Å²) >= 11 is 0. The Balaban J connectivity index is 1.02. The summed E-state index contributed by atoms with van der Waals surface area (Å²) in [5.74, 6) is 0.568. The number of anilines is 3. The molecule has 0 amide bonds. The molecule has 0 N–H and O–H groups in total. The fourth-order valence-electron chi connectivity index (χ4n) is 8.20. The zero-order chi connectivity index (χ0) is 39.1. The van der Waals surface area contributed by atoms with Crippen LogP contribution in [0.25, 0.3) is 89.0 Å². The van der Waals surface area contributed by atoms with Crippen molar-refractivity contribution in [2.24, 2.45) is 0 Å². The van der Waals surface area contributed by atoms with Crippen molar-refractivity contribution in [3.8, 4) is 56.0 Å². The molecule has 278 valence electrons. The van der Waals surface area contributed by atoms with Crippen LogP contribution in [0.4, 0.5) is 17.1 Å². The molecule has 0 saturated carbocycles. The van der Waals surface area contributed by atoms with Crippen LogP contribution in [0.3, 0.4) is 0 Å². The quantitative estimate of drug-likeness (QED) is 0.155. The highest BCUT2D eigenvalue weighted by Gasteiger charge is 2.22. The Kier molecular flexibility index (Phi) is 8.45. The predicted molar refractivity (Wildman–Crippen MR) is 243 cm³/mol. The van der Waals surface area contributed by atoms with Crippen molar-refractivity contribution >= 4 is 50.1 Å². The van der Waals surface area contributed by atoms with Crippen LogP contribution >= 0.6 is 0 Å². The van der Waals surface area contributed by atoms with Crippen molar-refractivity contribution in [1.82, 2.24) is 4.98 Å². The maximum absolute atomic E-state index is 6.76. The maximum Gasteiger partial charge on any atom is 0.227 e. The van der Waals surface area contributed by atoms with Gasteiger partial charge in [0.25, 0.3) is 0 Å². The molecule has 0 aliphatic carbocycles. The Labute approximate surface area is 341 Å². The first-order chi connectivity index (χ1) is 29.2. The second-order valence-corrected chi connectivity index (χ2v) is 14.7. The summed E-state index contributed by atoms with van der Waals surface area (Å²) < 4.78 is 13.2. The van der Waals surface area contributed by atoms with E-state index in [9.17, 15) is 0 Å². The van der Waals surface area contributed by atoms with E-state index in [0.29, 0.717) is 5.89 Å². The number of hydrogen-bond donors (Lipinski definition) is 0. The lowest BCUT2D eigenvalue weighted by Crippen LogP contribution is -2.09. The number of hydrogen-bond acceptors (Lipinski definition) is 4. The monoisotopic (exact) mass is 756 g/mol. The van der Waals surface area contributed by atoms with E-state index in [1.807, 2.05) is 24.3 Å². The van der Waals surface area contributed by atoms with E-state index >= 15 is 0 Å². The minimum atomic E-state index is 0.568. The van der Waals surface area contributed by atoms with Gasteiger partial charge < -0.3 is 13.7 Å². The third-order valence-corrected chi connectivity index (χ3v) is 11.1. The van der Waals surface area contributed by atoms with Crippen LogP contribution in [-0.2, 0) is 0 Å². The maximum atomic E-state index is 6.76. The molecule has 0 fully saturated rings. The van der Waals surface area contributed by atoms with Crippen molar-refractivity contribution in [1.29, 1.82) is 0 Å². The predicted octanol–water partition coefficient (Wildman–Crippen LogP) is 15.5. The van der Waals surface area contributed by atoms with Gasteiger partial charge in [-0.25, -0.2) is 4.98 Å². The summed E-state index contributed by atoms with van der Waals surface area (Å²) in [6, 6.07) is 76.3. The summed E-state index contributed by atoms with van der Waals surface area (Å²) in [4.78, 5) is 7.35. The smallest absolute Gasteiger partial charge is 0.227 e. The summed E-state index contributed by atoms with van der Waals surface area (Å²) in [6.07, 6.45) is 0. The molecule has 0 aliphatic heterocycles. The van der Waals surface area contributed by atoms with Crippen LogP contribution in [0, 0.1) is 0 Å². The lowest BCUT2D eigenvalue weighted by molar-refractivity contribution is 0.621. The van der Waals surface area contributed by atoms with Gasteiger partial charge in [0.05, 0.1) is 0 Å². The van der Waals surface area contributed by atoms with E-state index < -0.39 is 0 Å². The molecule has 0 saturated heterocycles. The van der Waals surface area contributed by atoms with Crippen LogP contribution in [-0.4, -0.2) is 4.98 Å². The number of benzene rings is 9. The van der Waals surface area contributed by atoms with Crippen LogP contribution < -0.4 is 4.90 Å². The number of para-hydroxylation sites is 1. The van der Waals surface area contributed by atoms with E-state index in [1.165, 1.54) is 27.8 Å². The number of oxazole rings is 1. The highest BCUT2D eigenvalue weighted by molar-refractivity contribution is 6.19. The zero-order valence-electron chi connectivity index (χ0n) is 32.0. The first-order valence-corrected chi connectivity index (χ1v) is 19.9. The van der Waals surface area contributed by atoms with E-state index in [1.54, 1.807) is 0 Å². The van der Waals surface area contributed by atoms with Crippen molar-refractivity contribution in [3.05, 3.63) is 218 Å². The standard InChI is InChI=1S/C55H36N2O2/c1-4-12-37(13-5-1)40-20-22-44(23-21-40)55-56-49-36-51-53(48-18-10-11-19-50(48)58-51)52(54(49)59-55)43-28-34-47(35-29-43)57(45-30-24-41(25-31-45)38-14-6-2-7-15-38)46-32-26-42(27-33-46)39-16-8-3-9-17-39/h1-36H. The highest BCUT2D eigenvalue weighted by Crippen LogP contribution is 2.44. The molecule has 2 aromatic heterocycles. The molecule has 4 nitrogen and oxygen atoms in total. The molecule has 0 spiro atoms. The molecule has 11 aromatic rings. The molecule has 9 aromatic carbocycles. The molecular weight excluding hydrogens is 721 g/mol. The van der Waals surface area contributed by atoms with Gasteiger partial charge in [0.2, 0.25) is 5.89 Å². The normalized spacial score (nSPS) is 11.4. The number of nitrogens with zero attached hydrogens (tertiary/aromatic N) is 2. The third-order valence-electron chi connectivity index (χ3n) is 11.1. The van der Waals surface area contributed by atoms with E-state index in [0.717, 1.165) is 72.4 Å².